The van der Waals surface area contributed by atoms with E-state index in [1.54, 1.807) is 60.7 Å². The minimum atomic E-state index is -3.69. The highest BCUT2D eigenvalue weighted by Crippen LogP contribution is 2.28. The standard InChI is InChI=1S/C25H21NO3S/c27-25(23-17-9-13-19-10-7-8-16-22(19)23)26-18-24(20-11-3-1-4-12-20)30(28,29)21-14-5-2-6-15-21/h1-17,24H,18H2,(H,26,27)/t24-/m0/s1. The van der Waals surface area contributed by atoms with Gasteiger partial charge in [-0.2, -0.15) is 0 Å². The summed E-state index contributed by atoms with van der Waals surface area (Å²) in [6, 6.07) is 30.5. The highest BCUT2D eigenvalue weighted by Gasteiger charge is 2.29. The van der Waals surface area contributed by atoms with Gasteiger partial charge in [0.2, 0.25) is 0 Å². The van der Waals surface area contributed by atoms with E-state index < -0.39 is 15.1 Å². The summed E-state index contributed by atoms with van der Waals surface area (Å²) in [6.45, 7) is -0.0245. The Morgan fingerprint density at radius 1 is 0.733 bits per heavy atom. The van der Waals surface area contributed by atoms with E-state index in [-0.39, 0.29) is 17.3 Å². The molecule has 0 saturated carbocycles. The molecular formula is C25H21NO3S. The van der Waals surface area contributed by atoms with E-state index in [0.717, 1.165) is 10.8 Å². The maximum atomic E-state index is 13.3. The Hall–Kier alpha value is -3.44. The second kappa shape index (κ2) is 8.51. The molecule has 150 valence electrons. The summed E-state index contributed by atoms with van der Waals surface area (Å²) in [5.74, 6) is -0.295. The number of carbonyl (C=O) groups excluding carboxylic acids is 1. The summed E-state index contributed by atoms with van der Waals surface area (Å²) in [6.07, 6.45) is 0. The van der Waals surface area contributed by atoms with Crippen molar-refractivity contribution in [1.82, 2.24) is 5.32 Å². The number of carbonyl (C=O) groups is 1. The molecule has 4 rings (SSSR count). The number of fused-ring (bicyclic) bond motifs is 1. The van der Waals surface area contributed by atoms with E-state index in [2.05, 4.69) is 5.32 Å². The number of rotatable bonds is 6. The van der Waals surface area contributed by atoms with Gasteiger partial charge in [-0.25, -0.2) is 8.42 Å². The largest absolute Gasteiger partial charge is 0.350 e. The molecule has 0 fully saturated rings. The molecule has 4 nitrogen and oxygen atoms in total. The first kappa shape index (κ1) is 19.9. The van der Waals surface area contributed by atoms with Crippen molar-refractivity contribution < 1.29 is 13.2 Å². The molecule has 1 amide bonds. The summed E-state index contributed by atoms with van der Waals surface area (Å²) >= 11 is 0. The van der Waals surface area contributed by atoms with E-state index in [4.69, 9.17) is 0 Å². The third-order valence-electron chi connectivity index (χ3n) is 5.10. The summed E-state index contributed by atoms with van der Waals surface area (Å²) in [5.41, 5.74) is 1.16. The number of nitrogens with one attached hydrogen (secondary N) is 1. The van der Waals surface area contributed by atoms with Crippen LogP contribution in [0.5, 0.6) is 0 Å². The molecule has 0 aromatic heterocycles. The first-order chi connectivity index (χ1) is 14.6. The normalized spacial score (nSPS) is 12.4. The van der Waals surface area contributed by atoms with Crippen molar-refractivity contribution in [2.75, 3.05) is 6.54 Å². The van der Waals surface area contributed by atoms with Crippen LogP contribution in [0.4, 0.5) is 0 Å². The number of sulfone groups is 1. The molecule has 5 heteroatoms. The molecule has 1 atom stereocenters. The topological polar surface area (TPSA) is 63.2 Å². The lowest BCUT2D eigenvalue weighted by Crippen LogP contribution is -2.32. The molecule has 0 heterocycles. The Morgan fingerprint density at radius 2 is 1.33 bits per heavy atom. The average molecular weight is 416 g/mol. The zero-order valence-corrected chi connectivity index (χ0v) is 17.0. The molecule has 4 aromatic rings. The van der Waals surface area contributed by atoms with Crippen molar-refractivity contribution in [3.8, 4) is 0 Å². The fourth-order valence-corrected chi connectivity index (χ4v) is 5.24. The third-order valence-corrected chi connectivity index (χ3v) is 7.22. The van der Waals surface area contributed by atoms with Crippen LogP contribution in [0, 0.1) is 0 Å². The molecule has 0 aliphatic heterocycles. The predicted molar refractivity (Wildman–Crippen MR) is 119 cm³/mol. The molecule has 0 spiro atoms. The van der Waals surface area contributed by atoms with Gasteiger partial charge in [0.1, 0.15) is 5.25 Å². The van der Waals surface area contributed by atoms with Gasteiger partial charge >= 0.3 is 0 Å². The maximum Gasteiger partial charge on any atom is 0.251 e. The van der Waals surface area contributed by atoms with Gasteiger partial charge in [0, 0.05) is 12.1 Å². The SMILES string of the molecule is O=C(NC[C@@H](c1ccccc1)S(=O)(=O)c1ccccc1)c1cccc2ccccc12. The summed E-state index contributed by atoms with van der Waals surface area (Å²) in [5, 5.41) is 3.75. The smallest absolute Gasteiger partial charge is 0.251 e. The second-order valence-corrected chi connectivity index (χ2v) is 9.12. The lowest BCUT2D eigenvalue weighted by molar-refractivity contribution is 0.0955. The van der Waals surface area contributed by atoms with Crippen LogP contribution in [0.25, 0.3) is 10.8 Å². The Morgan fingerprint density at radius 3 is 2.07 bits per heavy atom. The first-order valence-corrected chi connectivity index (χ1v) is 11.2. The maximum absolute atomic E-state index is 13.3. The third kappa shape index (κ3) is 3.98. The molecule has 0 saturated heterocycles. The van der Waals surface area contributed by atoms with Crippen LogP contribution in [0.15, 0.2) is 108 Å². The van der Waals surface area contributed by atoms with Gasteiger partial charge in [0.15, 0.2) is 9.84 Å². The van der Waals surface area contributed by atoms with E-state index in [1.807, 2.05) is 42.5 Å². The van der Waals surface area contributed by atoms with Crippen molar-refractivity contribution >= 4 is 26.5 Å². The predicted octanol–water partition coefficient (Wildman–Crippen LogP) is 4.78. The van der Waals surface area contributed by atoms with E-state index >= 15 is 0 Å². The van der Waals surface area contributed by atoms with Gasteiger partial charge in [-0.15, -0.1) is 0 Å². The summed E-state index contributed by atoms with van der Waals surface area (Å²) in [4.78, 5) is 13.2. The summed E-state index contributed by atoms with van der Waals surface area (Å²) in [7, 11) is -3.69. The molecular weight excluding hydrogens is 394 g/mol. The van der Waals surface area contributed by atoms with E-state index in [1.165, 1.54) is 0 Å². The highest BCUT2D eigenvalue weighted by atomic mass is 32.2. The minimum Gasteiger partial charge on any atom is -0.350 e. The van der Waals surface area contributed by atoms with E-state index in [9.17, 15) is 13.2 Å². The second-order valence-electron chi connectivity index (χ2n) is 6.99. The molecule has 0 unspecified atom stereocenters. The fraction of sp³-hybridized carbons (Fsp3) is 0.0800. The average Bonchev–Trinajstić information content (AvgIpc) is 2.80. The van der Waals surface area contributed by atoms with Gasteiger partial charge in [-0.3, -0.25) is 4.79 Å². The van der Waals surface area contributed by atoms with Crippen LogP contribution < -0.4 is 5.32 Å². The summed E-state index contributed by atoms with van der Waals surface area (Å²) < 4.78 is 26.7. The Balaban J connectivity index is 1.65. The van der Waals surface area contributed by atoms with Gasteiger partial charge in [-0.05, 0) is 34.5 Å². The zero-order chi connectivity index (χ0) is 21.0. The lowest BCUT2D eigenvalue weighted by Gasteiger charge is -2.19. The van der Waals surface area contributed by atoms with Crippen molar-refractivity contribution in [3.63, 3.8) is 0 Å². The fourth-order valence-electron chi connectivity index (χ4n) is 3.55. The number of amides is 1. The molecule has 0 aliphatic carbocycles. The Bertz CT molecular complexity index is 1260. The monoisotopic (exact) mass is 415 g/mol. The molecule has 0 radical (unpaired) electrons. The molecule has 4 aromatic carbocycles. The van der Waals surface area contributed by atoms with Crippen LogP contribution in [-0.4, -0.2) is 20.9 Å². The van der Waals surface area contributed by atoms with Crippen molar-refractivity contribution in [2.45, 2.75) is 10.1 Å². The van der Waals surface area contributed by atoms with E-state index in [0.29, 0.717) is 11.1 Å². The van der Waals surface area contributed by atoms with Gasteiger partial charge in [0.25, 0.3) is 5.91 Å². The van der Waals surface area contributed by atoms with Gasteiger partial charge < -0.3 is 5.32 Å². The van der Waals surface area contributed by atoms with Crippen molar-refractivity contribution in [3.05, 3.63) is 114 Å². The Kier molecular flexibility index (Phi) is 5.63. The van der Waals surface area contributed by atoms with Crippen LogP contribution in [-0.2, 0) is 9.84 Å². The number of benzene rings is 4. The minimum absolute atomic E-state index is 0.0245. The molecule has 0 aliphatic rings. The number of hydrogen-bond acceptors (Lipinski definition) is 3. The molecule has 30 heavy (non-hydrogen) atoms. The van der Waals surface area contributed by atoms with Crippen LogP contribution in [0.2, 0.25) is 0 Å². The quantitative estimate of drug-likeness (QED) is 0.493. The molecule has 1 N–H and O–H groups in total. The van der Waals surface area contributed by atoms with Gasteiger partial charge in [0.05, 0.1) is 4.90 Å². The van der Waals surface area contributed by atoms with Crippen molar-refractivity contribution in [2.24, 2.45) is 0 Å². The van der Waals surface area contributed by atoms with Crippen LogP contribution in [0.1, 0.15) is 21.2 Å². The van der Waals surface area contributed by atoms with Crippen LogP contribution >= 0.6 is 0 Å². The first-order valence-electron chi connectivity index (χ1n) is 9.67. The highest BCUT2D eigenvalue weighted by molar-refractivity contribution is 7.91. The molecule has 0 bridgehead atoms. The van der Waals surface area contributed by atoms with Crippen molar-refractivity contribution in [1.29, 1.82) is 0 Å². The van der Waals surface area contributed by atoms with Crippen LogP contribution in [0.3, 0.4) is 0 Å². The number of hydrogen-bond donors (Lipinski definition) is 1. The zero-order valence-electron chi connectivity index (χ0n) is 16.2. The van der Waals surface area contributed by atoms with Gasteiger partial charge in [-0.1, -0.05) is 84.9 Å². The lowest BCUT2D eigenvalue weighted by atomic mass is 10.0. The Labute approximate surface area is 176 Å².